The number of hydrogen-bond acceptors (Lipinski definition) is 4. The quantitative estimate of drug-likeness (QED) is 0.655. The summed E-state index contributed by atoms with van der Waals surface area (Å²) in [7, 11) is 1.86. The molecule has 3 rings (SSSR count). The molecule has 0 radical (unpaired) electrons. The van der Waals surface area contributed by atoms with E-state index < -0.39 is 29.0 Å². The Morgan fingerprint density at radius 1 is 1.04 bits per heavy atom. The van der Waals surface area contributed by atoms with Gasteiger partial charge in [0, 0.05) is 32.2 Å². The summed E-state index contributed by atoms with van der Waals surface area (Å²) < 4.78 is 40.1. The summed E-state index contributed by atoms with van der Waals surface area (Å²) in [6.45, 7) is 0.675. The molecule has 28 heavy (non-hydrogen) atoms. The summed E-state index contributed by atoms with van der Waals surface area (Å²) in [6.07, 6.45) is 7.13. The van der Waals surface area contributed by atoms with Crippen LogP contribution in [0.2, 0.25) is 0 Å². The number of carbonyl (C=O) groups is 1. The third-order valence-electron chi connectivity index (χ3n) is 4.20. The van der Waals surface area contributed by atoms with Gasteiger partial charge in [0.2, 0.25) is 0 Å². The number of benzene rings is 1. The van der Waals surface area contributed by atoms with Gasteiger partial charge in [0.1, 0.15) is 0 Å². The number of halogens is 3. The maximum absolute atomic E-state index is 13.7. The maximum atomic E-state index is 13.7. The van der Waals surface area contributed by atoms with Crippen LogP contribution in [0.4, 0.5) is 24.5 Å². The van der Waals surface area contributed by atoms with Crippen molar-refractivity contribution >= 4 is 17.3 Å². The lowest BCUT2D eigenvalue weighted by Gasteiger charge is -2.19. The Balaban J connectivity index is 1.70. The lowest BCUT2D eigenvalue weighted by atomic mass is 10.2. The Labute approximate surface area is 159 Å². The number of amides is 1. The van der Waals surface area contributed by atoms with Crippen LogP contribution in [-0.2, 0) is 6.42 Å². The second-order valence-electron chi connectivity index (χ2n) is 6.14. The van der Waals surface area contributed by atoms with Crippen molar-refractivity contribution in [2.24, 2.45) is 0 Å². The molecule has 8 heteroatoms. The second kappa shape index (κ2) is 8.51. The molecule has 1 amide bonds. The van der Waals surface area contributed by atoms with Crippen molar-refractivity contribution in [2.45, 2.75) is 6.42 Å². The Bertz CT molecular complexity index is 982. The third kappa shape index (κ3) is 4.46. The van der Waals surface area contributed by atoms with Crippen molar-refractivity contribution in [1.29, 1.82) is 0 Å². The highest BCUT2D eigenvalue weighted by atomic mass is 19.2. The summed E-state index contributed by atoms with van der Waals surface area (Å²) in [5.41, 5.74) is 1.53. The van der Waals surface area contributed by atoms with E-state index in [0.717, 1.165) is 24.1 Å². The summed E-state index contributed by atoms with van der Waals surface area (Å²) in [5.74, 6) is -5.09. The number of carbonyl (C=O) groups excluding carboxylic acids is 1. The number of anilines is 2. The summed E-state index contributed by atoms with van der Waals surface area (Å²) in [5, 5.41) is 2.23. The number of rotatable bonds is 6. The van der Waals surface area contributed by atoms with E-state index in [9.17, 15) is 18.0 Å². The largest absolute Gasteiger partial charge is 0.373 e. The molecule has 1 aromatic carbocycles. The first kappa shape index (κ1) is 19.3. The number of pyridine rings is 2. The van der Waals surface area contributed by atoms with Gasteiger partial charge in [-0.15, -0.1) is 0 Å². The molecule has 0 atom stereocenters. The van der Waals surface area contributed by atoms with Gasteiger partial charge >= 0.3 is 0 Å². The molecule has 0 aliphatic heterocycles. The average Bonchev–Trinajstić information content (AvgIpc) is 2.73. The van der Waals surface area contributed by atoms with E-state index in [2.05, 4.69) is 15.3 Å². The molecule has 2 aromatic heterocycles. The molecule has 2 heterocycles. The fourth-order valence-electron chi connectivity index (χ4n) is 2.55. The SMILES string of the molecule is CN(CCc1ccncc1)c1cncc(C(=O)Nc2ccc(F)c(F)c2F)c1. The van der Waals surface area contributed by atoms with Crippen molar-refractivity contribution in [3.63, 3.8) is 0 Å². The minimum absolute atomic E-state index is 0.164. The van der Waals surface area contributed by atoms with Gasteiger partial charge in [0.15, 0.2) is 17.5 Å². The van der Waals surface area contributed by atoms with Gasteiger partial charge in [-0.3, -0.25) is 14.8 Å². The number of nitrogens with one attached hydrogen (secondary N) is 1. The summed E-state index contributed by atoms with van der Waals surface area (Å²) in [6, 6.07) is 7.14. The Kier molecular flexibility index (Phi) is 5.88. The fourth-order valence-corrected chi connectivity index (χ4v) is 2.55. The zero-order valence-electron chi connectivity index (χ0n) is 15.0. The highest BCUT2D eigenvalue weighted by molar-refractivity contribution is 6.04. The fraction of sp³-hybridized carbons (Fsp3) is 0.150. The van der Waals surface area contributed by atoms with Gasteiger partial charge in [0.05, 0.1) is 23.1 Å². The first-order valence-corrected chi connectivity index (χ1v) is 8.45. The average molecular weight is 386 g/mol. The molecule has 0 aliphatic rings. The highest BCUT2D eigenvalue weighted by Crippen LogP contribution is 2.21. The van der Waals surface area contributed by atoms with Crippen LogP contribution < -0.4 is 10.2 Å². The van der Waals surface area contributed by atoms with Crippen molar-refractivity contribution in [3.05, 3.63) is 83.7 Å². The molecule has 0 bridgehead atoms. The minimum Gasteiger partial charge on any atom is -0.373 e. The third-order valence-corrected chi connectivity index (χ3v) is 4.20. The van der Waals surface area contributed by atoms with Crippen LogP contribution >= 0.6 is 0 Å². The Hall–Kier alpha value is -3.42. The molecule has 0 fully saturated rings. The summed E-state index contributed by atoms with van der Waals surface area (Å²) in [4.78, 5) is 22.3. The highest BCUT2D eigenvalue weighted by Gasteiger charge is 2.16. The molecular weight excluding hydrogens is 369 g/mol. The van der Waals surface area contributed by atoms with Crippen LogP contribution in [0.15, 0.2) is 55.1 Å². The molecule has 0 saturated heterocycles. The van der Waals surface area contributed by atoms with Gasteiger partial charge in [-0.05, 0) is 42.3 Å². The van der Waals surface area contributed by atoms with Gasteiger partial charge in [-0.1, -0.05) is 0 Å². The zero-order chi connectivity index (χ0) is 20.1. The van der Waals surface area contributed by atoms with Gasteiger partial charge < -0.3 is 10.2 Å². The van der Waals surface area contributed by atoms with E-state index in [1.807, 2.05) is 24.1 Å². The van der Waals surface area contributed by atoms with E-state index in [1.54, 1.807) is 24.7 Å². The first-order chi connectivity index (χ1) is 13.5. The van der Waals surface area contributed by atoms with Gasteiger partial charge in [0.25, 0.3) is 5.91 Å². The van der Waals surface area contributed by atoms with E-state index in [0.29, 0.717) is 12.2 Å². The van der Waals surface area contributed by atoms with Crippen molar-refractivity contribution < 1.29 is 18.0 Å². The number of nitrogens with zero attached hydrogens (tertiary/aromatic N) is 3. The predicted octanol–water partition coefficient (Wildman–Crippen LogP) is 3.83. The van der Waals surface area contributed by atoms with Crippen LogP contribution in [-0.4, -0.2) is 29.5 Å². The minimum atomic E-state index is -1.64. The smallest absolute Gasteiger partial charge is 0.257 e. The molecule has 5 nitrogen and oxygen atoms in total. The van der Waals surface area contributed by atoms with Gasteiger partial charge in [-0.25, -0.2) is 13.2 Å². The Morgan fingerprint density at radius 2 is 1.79 bits per heavy atom. The standard InChI is InChI=1S/C20H17F3N4O/c1-27(9-6-13-4-7-24-8-5-13)15-10-14(11-25-12-15)20(28)26-17-3-2-16(21)18(22)19(17)23/h2-5,7-8,10-12H,6,9H2,1H3,(H,26,28). The molecule has 0 saturated carbocycles. The van der Waals surface area contributed by atoms with Crippen LogP contribution in [0.3, 0.4) is 0 Å². The van der Waals surface area contributed by atoms with Gasteiger partial charge in [-0.2, -0.15) is 0 Å². The molecule has 0 aliphatic carbocycles. The van der Waals surface area contributed by atoms with Crippen LogP contribution in [0.25, 0.3) is 0 Å². The van der Waals surface area contributed by atoms with Crippen LogP contribution in [0.5, 0.6) is 0 Å². The molecular formula is C20H17F3N4O. The molecule has 0 unspecified atom stereocenters. The van der Waals surface area contributed by atoms with Crippen molar-refractivity contribution in [3.8, 4) is 0 Å². The van der Waals surface area contributed by atoms with Crippen LogP contribution in [0.1, 0.15) is 15.9 Å². The normalized spacial score (nSPS) is 10.6. The van der Waals surface area contributed by atoms with E-state index in [-0.39, 0.29) is 5.56 Å². The lowest BCUT2D eigenvalue weighted by Crippen LogP contribution is -2.21. The molecule has 144 valence electrons. The first-order valence-electron chi connectivity index (χ1n) is 8.45. The number of hydrogen-bond donors (Lipinski definition) is 1. The van der Waals surface area contributed by atoms with Crippen molar-refractivity contribution in [2.75, 3.05) is 23.8 Å². The second-order valence-corrected chi connectivity index (χ2v) is 6.14. The Morgan fingerprint density at radius 3 is 2.54 bits per heavy atom. The maximum Gasteiger partial charge on any atom is 0.257 e. The molecule has 3 aromatic rings. The van der Waals surface area contributed by atoms with Crippen LogP contribution in [0, 0.1) is 17.5 Å². The molecule has 1 N–H and O–H groups in total. The topological polar surface area (TPSA) is 58.1 Å². The number of likely N-dealkylation sites (N-methyl/N-ethyl adjacent to an activating group) is 1. The van der Waals surface area contributed by atoms with Crippen molar-refractivity contribution in [1.82, 2.24) is 9.97 Å². The predicted molar refractivity (Wildman–Crippen MR) is 99.7 cm³/mol. The van der Waals surface area contributed by atoms with E-state index in [4.69, 9.17) is 0 Å². The van der Waals surface area contributed by atoms with E-state index in [1.165, 1.54) is 6.20 Å². The zero-order valence-corrected chi connectivity index (χ0v) is 15.0. The number of aromatic nitrogens is 2. The van der Waals surface area contributed by atoms with E-state index >= 15 is 0 Å². The monoisotopic (exact) mass is 386 g/mol. The lowest BCUT2D eigenvalue weighted by molar-refractivity contribution is 0.102. The summed E-state index contributed by atoms with van der Waals surface area (Å²) >= 11 is 0. The molecule has 0 spiro atoms.